The fourth-order valence-electron chi connectivity index (χ4n) is 1.24. The molecular formula is C11H25N. The van der Waals surface area contributed by atoms with Gasteiger partial charge in [-0.2, -0.15) is 0 Å². The molecule has 1 atom stereocenters. The maximum atomic E-state index is 2.37. The molecule has 1 heteroatoms. The summed E-state index contributed by atoms with van der Waals surface area (Å²) in [6, 6.07) is 0. The Kier molecular flexibility index (Phi) is 6.45. The molecule has 0 aromatic carbocycles. The van der Waals surface area contributed by atoms with Crippen molar-refractivity contribution in [2.75, 3.05) is 20.6 Å². The first-order valence-corrected chi connectivity index (χ1v) is 5.17. The van der Waals surface area contributed by atoms with Crippen molar-refractivity contribution in [1.82, 2.24) is 4.90 Å². The van der Waals surface area contributed by atoms with Crippen molar-refractivity contribution in [2.24, 2.45) is 11.8 Å². The summed E-state index contributed by atoms with van der Waals surface area (Å²) in [6.07, 6.45) is 4.12. The Labute approximate surface area is 78.1 Å². The van der Waals surface area contributed by atoms with Gasteiger partial charge in [0.05, 0.1) is 0 Å². The van der Waals surface area contributed by atoms with E-state index in [0.29, 0.717) is 0 Å². The lowest BCUT2D eigenvalue weighted by molar-refractivity contribution is 0.339. The normalized spacial score (nSPS) is 14.2. The predicted molar refractivity (Wildman–Crippen MR) is 56.4 cm³/mol. The Morgan fingerprint density at radius 1 is 0.917 bits per heavy atom. The summed E-state index contributed by atoms with van der Waals surface area (Å²) in [5, 5.41) is 0. The van der Waals surface area contributed by atoms with Gasteiger partial charge in [-0.3, -0.25) is 0 Å². The van der Waals surface area contributed by atoms with E-state index in [-0.39, 0.29) is 0 Å². The highest BCUT2D eigenvalue weighted by Gasteiger charge is 2.03. The minimum absolute atomic E-state index is 0.867. The van der Waals surface area contributed by atoms with Crippen molar-refractivity contribution in [3.8, 4) is 0 Å². The van der Waals surface area contributed by atoms with Crippen molar-refractivity contribution in [3.05, 3.63) is 0 Å². The third-order valence-electron chi connectivity index (χ3n) is 2.31. The molecule has 0 aromatic heterocycles. The maximum Gasteiger partial charge on any atom is -0.00223 e. The third kappa shape index (κ3) is 8.06. The van der Waals surface area contributed by atoms with Gasteiger partial charge < -0.3 is 4.90 Å². The van der Waals surface area contributed by atoms with Crippen LogP contribution in [0.1, 0.15) is 40.0 Å². The summed E-state index contributed by atoms with van der Waals surface area (Å²) >= 11 is 0. The van der Waals surface area contributed by atoms with Crippen LogP contribution >= 0.6 is 0 Å². The molecule has 0 heterocycles. The molecule has 1 unspecified atom stereocenters. The molecule has 1 nitrogen and oxygen atoms in total. The Balaban J connectivity index is 3.27. The van der Waals surface area contributed by atoms with Crippen LogP contribution in [0.5, 0.6) is 0 Å². The molecule has 0 saturated heterocycles. The van der Waals surface area contributed by atoms with Gasteiger partial charge in [0.1, 0.15) is 0 Å². The van der Waals surface area contributed by atoms with Gasteiger partial charge in [-0.05, 0) is 38.9 Å². The van der Waals surface area contributed by atoms with Gasteiger partial charge in [-0.25, -0.2) is 0 Å². The first-order chi connectivity index (χ1) is 5.52. The first kappa shape index (κ1) is 12.0. The standard InChI is InChI=1S/C11H25N/c1-10(2)6-7-11(3)8-9-12(4)5/h10-11H,6-9H2,1-5H3. The lowest BCUT2D eigenvalue weighted by Gasteiger charge is -2.15. The smallest absolute Gasteiger partial charge is 0.00223 e. The van der Waals surface area contributed by atoms with Crippen LogP contribution < -0.4 is 0 Å². The van der Waals surface area contributed by atoms with Gasteiger partial charge in [-0.15, -0.1) is 0 Å². The van der Waals surface area contributed by atoms with Crippen LogP contribution in [0.3, 0.4) is 0 Å². The summed E-state index contributed by atoms with van der Waals surface area (Å²) in [7, 11) is 4.30. The van der Waals surface area contributed by atoms with Crippen molar-refractivity contribution in [1.29, 1.82) is 0 Å². The van der Waals surface area contributed by atoms with Crippen molar-refractivity contribution in [2.45, 2.75) is 40.0 Å². The second-order valence-corrected chi connectivity index (χ2v) is 4.67. The Morgan fingerprint density at radius 3 is 1.92 bits per heavy atom. The van der Waals surface area contributed by atoms with Gasteiger partial charge in [0.15, 0.2) is 0 Å². The third-order valence-corrected chi connectivity index (χ3v) is 2.31. The zero-order valence-electron chi connectivity index (χ0n) is 9.43. The average Bonchev–Trinajstić information content (AvgIpc) is 1.96. The molecular weight excluding hydrogens is 146 g/mol. The van der Waals surface area contributed by atoms with Crippen LogP contribution in [-0.2, 0) is 0 Å². The maximum absolute atomic E-state index is 2.37. The monoisotopic (exact) mass is 171 g/mol. The van der Waals surface area contributed by atoms with Gasteiger partial charge in [0, 0.05) is 0 Å². The van der Waals surface area contributed by atoms with Crippen molar-refractivity contribution >= 4 is 0 Å². The zero-order valence-corrected chi connectivity index (χ0v) is 9.43. The second-order valence-electron chi connectivity index (χ2n) is 4.67. The summed E-state index contributed by atoms with van der Waals surface area (Å²) in [5.41, 5.74) is 0. The number of rotatable bonds is 6. The highest BCUT2D eigenvalue weighted by molar-refractivity contribution is 4.57. The van der Waals surface area contributed by atoms with Crippen molar-refractivity contribution in [3.63, 3.8) is 0 Å². The minimum atomic E-state index is 0.867. The minimum Gasteiger partial charge on any atom is -0.309 e. The van der Waals surface area contributed by atoms with Crippen LogP contribution in [0, 0.1) is 11.8 Å². The summed E-state index contributed by atoms with van der Waals surface area (Å²) in [6.45, 7) is 8.21. The predicted octanol–water partition coefficient (Wildman–Crippen LogP) is 3.01. The number of hydrogen-bond acceptors (Lipinski definition) is 1. The largest absolute Gasteiger partial charge is 0.309 e. The van der Waals surface area contributed by atoms with E-state index in [4.69, 9.17) is 0 Å². The van der Waals surface area contributed by atoms with Gasteiger partial charge >= 0.3 is 0 Å². The fraction of sp³-hybridized carbons (Fsp3) is 1.00. The highest BCUT2D eigenvalue weighted by Crippen LogP contribution is 2.14. The van der Waals surface area contributed by atoms with E-state index in [0.717, 1.165) is 11.8 Å². The molecule has 0 spiro atoms. The van der Waals surface area contributed by atoms with E-state index in [1.54, 1.807) is 0 Å². The Bertz CT molecular complexity index is 85.2. The Morgan fingerprint density at radius 2 is 1.50 bits per heavy atom. The van der Waals surface area contributed by atoms with Crippen molar-refractivity contribution < 1.29 is 0 Å². The molecule has 0 fully saturated rings. The fourth-order valence-corrected chi connectivity index (χ4v) is 1.24. The summed E-state index contributed by atoms with van der Waals surface area (Å²) in [4.78, 5) is 2.27. The van der Waals surface area contributed by atoms with E-state index in [9.17, 15) is 0 Å². The number of hydrogen-bond donors (Lipinski definition) is 0. The lowest BCUT2D eigenvalue weighted by atomic mass is 9.97. The number of nitrogens with zero attached hydrogens (tertiary/aromatic N) is 1. The quantitative estimate of drug-likeness (QED) is 0.594. The lowest BCUT2D eigenvalue weighted by Crippen LogP contribution is -2.15. The average molecular weight is 171 g/mol. The van der Waals surface area contributed by atoms with E-state index < -0.39 is 0 Å². The van der Waals surface area contributed by atoms with Crippen LogP contribution in [0.2, 0.25) is 0 Å². The molecule has 0 bridgehead atoms. The Hall–Kier alpha value is -0.0400. The molecule has 0 aromatic rings. The molecule has 0 saturated carbocycles. The van der Waals surface area contributed by atoms with Crippen LogP contribution in [-0.4, -0.2) is 25.5 Å². The van der Waals surface area contributed by atoms with Crippen LogP contribution in [0.4, 0.5) is 0 Å². The van der Waals surface area contributed by atoms with Crippen LogP contribution in [0.25, 0.3) is 0 Å². The van der Waals surface area contributed by atoms with Gasteiger partial charge in [0.2, 0.25) is 0 Å². The summed E-state index contributed by atoms with van der Waals surface area (Å²) < 4.78 is 0. The van der Waals surface area contributed by atoms with E-state index in [1.807, 2.05) is 0 Å². The first-order valence-electron chi connectivity index (χ1n) is 5.17. The molecule has 0 aliphatic rings. The molecule has 0 rings (SSSR count). The van der Waals surface area contributed by atoms with E-state index in [1.165, 1.54) is 25.8 Å². The molecule has 12 heavy (non-hydrogen) atoms. The molecule has 74 valence electrons. The van der Waals surface area contributed by atoms with Crippen LogP contribution in [0.15, 0.2) is 0 Å². The zero-order chi connectivity index (χ0) is 9.56. The second kappa shape index (κ2) is 6.47. The SMILES string of the molecule is CC(C)CCC(C)CCN(C)C. The topological polar surface area (TPSA) is 3.24 Å². The molecule has 0 N–H and O–H groups in total. The summed E-state index contributed by atoms with van der Waals surface area (Å²) in [5.74, 6) is 1.77. The van der Waals surface area contributed by atoms with E-state index >= 15 is 0 Å². The van der Waals surface area contributed by atoms with Gasteiger partial charge in [-0.1, -0.05) is 33.6 Å². The molecule has 0 amide bonds. The van der Waals surface area contributed by atoms with Gasteiger partial charge in [0.25, 0.3) is 0 Å². The highest BCUT2D eigenvalue weighted by atomic mass is 15.0. The molecule has 0 aliphatic heterocycles. The molecule has 0 aliphatic carbocycles. The van der Waals surface area contributed by atoms with E-state index in [2.05, 4.69) is 39.8 Å². The molecule has 0 radical (unpaired) electrons.